The van der Waals surface area contributed by atoms with Gasteiger partial charge in [-0.25, -0.2) is 4.79 Å². The van der Waals surface area contributed by atoms with Crippen LogP contribution in [0.25, 0.3) is 0 Å². The van der Waals surface area contributed by atoms with E-state index in [4.69, 9.17) is 27.9 Å². The Morgan fingerprint density at radius 1 is 1.30 bits per heavy atom. The molecular weight excluding hydrogens is 343 g/mol. The molecule has 124 valence electrons. The van der Waals surface area contributed by atoms with E-state index < -0.39 is 30.0 Å². The Hall–Kier alpha value is -1.79. The van der Waals surface area contributed by atoms with Crippen LogP contribution < -0.4 is 5.32 Å². The smallest absolute Gasteiger partial charge is 0.326 e. The van der Waals surface area contributed by atoms with Crippen LogP contribution in [0.2, 0.25) is 10.0 Å². The summed E-state index contributed by atoms with van der Waals surface area (Å²) in [7, 11) is 0. The number of imide groups is 1. The fraction of sp³-hybridized carbons (Fsp3) is 0.400. The molecule has 0 aliphatic carbocycles. The number of hydrogen-bond acceptors (Lipinski definition) is 4. The van der Waals surface area contributed by atoms with E-state index in [9.17, 15) is 14.4 Å². The van der Waals surface area contributed by atoms with Gasteiger partial charge in [0, 0.05) is 0 Å². The van der Waals surface area contributed by atoms with Crippen molar-refractivity contribution in [3.05, 3.63) is 33.8 Å². The van der Waals surface area contributed by atoms with Crippen molar-refractivity contribution in [2.45, 2.75) is 32.4 Å². The van der Waals surface area contributed by atoms with Gasteiger partial charge in [-0.3, -0.25) is 14.5 Å². The third-order valence-electron chi connectivity index (χ3n) is 3.72. The summed E-state index contributed by atoms with van der Waals surface area (Å²) in [6.07, 6.45) is 0.437. The average Bonchev–Trinajstić information content (AvgIpc) is 2.72. The summed E-state index contributed by atoms with van der Waals surface area (Å²) in [4.78, 5) is 36.7. The molecule has 8 heteroatoms. The van der Waals surface area contributed by atoms with Gasteiger partial charge in [0.1, 0.15) is 18.7 Å². The van der Waals surface area contributed by atoms with Crippen molar-refractivity contribution in [2.75, 3.05) is 6.54 Å². The molecule has 0 saturated carbocycles. The van der Waals surface area contributed by atoms with Crippen molar-refractivity contribution < 1.29 is 19.1 Å². The number of benzene rings is 1. The van der Waals surface area contributed by atoms with Crippen molar-refractivity contribution in [3.63, 3.8) is 0 Å². The van der Waals surface area contributed by atoms with Crippen LogP contribution in [0, 0.1) is 0 Å². The first-order chi connectivity index (χ1) is 10.8. The molecule has 1 saturated heterocycles. The summed E-state index contributed by atoms with van der Waals surface area (Å²) >= 11 is 11.7. The van der Waals surface area contributed by atoms with Gasteiger partial charge in [-0.2, -0.15) is 0 Å². The second-order valence-corrected chi connectivity index (χ2v) is 6.23. The van der Waals surface area contributed by atoms with Gasteiger partial charge in [0.15, 0.2) is 0 Å². The summed E-state index contributed by atoms with van der Waals surface area (Å²) in [6, 6.07) is 4.25. The van der Waals surface area contributed by atoms with Crippen LogP contribution in [-0.4, -0.2) is 34.9 Å². The molecule has 0 radical (unpaired) electrons. The molecule has 1 aliphatic rings. The summed E-state index contributed by atoms with van der Waals surface area (Å²) in [5.41, 5.74) is -0.315. The summed E-state index contributed by atoms with van der Waals surface area (Å²) in [6.45, 7) is 2.95. The maximum atomic E-state index is 12.2. The molecule has 0 aromatic heterocycles. The van der Waals surface area contributed by atoms with Crippen molar-refractivity contribution in [3.8, 4) is 0 Å². The van der Waals surface area contributed by atoms with Crippen molar-refractivity contribution in [1.29, 1.82) is 0 Å². The van der Waals surface area contributed by atoms with Crippen LogP contribution in [0.15, 0.2) is 18.2 Å². The zero-order valence-electron chi connectivity index (χ0n) is 12.7. The highest BCUT2D eigenvalue weighted by Crippen LogP contribution is 2.23. The minimum atomic E-state index is -0.971. The Kier molecular flexibility index (Phi) is 5.16. The Balaban J connectivity index is 1.93. The second-order valence-electron chi connectivity index (χ2n) is 5.42. The number of urea groups is 1. The van der Waals surface area contributed by atoms with E-state index in [0.717, 1.165) is 4.90 Å². The lowest BCUT2D eigenvalue weighted by Gasteiger charge is -2.18. The molecule has 1 aliphatic heterocycles. The van der Waals surface area contributed by atoms with Gasteiger partial charge < -0.3 is 10.1 Å². The van der Waals surface area contributed by atoms with Gasteiger partial charge in [-0.1, -0.05) is 36.2 Å². The molecule has 1 aromatic rings. The van der Waals surface area contributed by atoms with E-state index in [1.165, 1.54) is 0 Å². The molecule has 0 unspecified atom stereocenters. The number of ether oxygens (including phenoxy) is 1. The minimum absolute atomic E-state index is 0.0234. The third kappa shape index (κ3) is 3.76. The standard InChI is InChI=1S/C15H16Cl2N2O4/c1-3-15(2)13(21)19(14(22)18-15)7-12(20)23-8-9-4-5-10(16)11(17)6-9/h4-6H,3,7-8H2,1-2H3,(H,18,22)/t15-/m0/s1. The molecule has 1 heterocycles. The number of nitrogens with one attached hydrogen (secondary N) is 1. The molecule has 1 N–H and O–H groups in total. The second kappa shape index (κ2) is 6.76. The molecule has 1 atom stereocenters. The Morgan fingerprint density at radius 3 is 2.57 bits per heavy atom. The molecule has 0 bridgehead atoms. The van der Waals surface area contributed by atoms with Gasteiger partial charge in [-0.05, 0) is 31.0 Å². The summed E-state index contributed by atoms with van der Waals surface area (Å²) in [5, 5.41) is 3.33. The fourth-order valence-corrected chi connectivity index (χ4v) is 2.42. The van der Waals surface area contributed by atoms with Crippen LogP contribution in [0.3, 0.4) is 0 Å². The average molecular weight is 359 g/mol. The van der Waals surface area contributed by atoms with Gasteiger partial charge in [0.2, 0.25) is 0 Å². The number of carbonyl (C=O) groups excluding carboxylic acids is 3. The van der Waals surface area contributed by atoms with Gasteiger partial charge in [0.05, 0.1) is 10.0 Å². The summed E-state index contributed by atoms with van der Waals surface area (Å²) in [5.74, 6) is -1.11. The number of rotatable bonds is 5. The molecule has 0 spiro atoms. The number of esters is 1. The first-order valence-corrected chi connectivity index (χ1v) is 7.76. The number of amides is 3. The number of nitrogens with zero attached hydrogens (tertiary/aromatic N) is 1. The Morgan fingerprint density at radius 2 is 2.00 bits per heavy atom. The van der Waals surface area contributed by atoms with Crippen molar-refractivity contribution in [2.24, 2.45) is 0 Å². The van der Waals surface area contributed by atoms with Crippen molar-refractivity contribution >= 4 is 41.1 Å². The molecule has 1 fully saturated rings. The lowest BCUT2D eigenvalue weighted by atomic mass is 9.99. The highest BCUT2D eigenvalue weighted by molar-refractivity contribution is 6.42. The normalized spacial score (nSPS) is 20.6. The highest BCUT2D eigenvalue weighted by Gasteiger charge is 2.47. The quantitative estimate of drug-likeness (QED) is 0.648. The zero-order chi connectivity index (χ0) is 17.2. The van der Waals surface area contributed by atoms with E-state index >= 15 is 0 Å². The topological polar surface area (TPSA) is 75.7 Å². The maximum Gasteiger partial charge on any atom is 0.326 e. The van der Waals surface area contributed by atoms with Crippen LogP contribution in [0.1, 0.15) is 25.8 Å². The van der Waals surface area contributed by atoms with Crippen LogP contribution >= 0.6 is 23.2 Å². The Labute approximate surface area is 143 Å². The van der Waals surface area contributed by atoms with Gasteiger partial charge >= 0.3 is 12.0 Å². The Bertz CT molecular complexity index is 665. The molecule has 3 amide bonds. The van der Waals surface area contributed by atoms with Crippen LogP contribution in [0.5, 0.6) is 0 Å². The first-order valence-electron chi connectivity index (χ1n) is 7.00. The van der Waals surface area contributed by atoms with E-state index in [1.54, 1.807) is 32.0 Å². The fourth-order valence-electron chi connectivity index (χ4n) is 2.10. The maximum absolute atomic E-state index is 12.2. The molecule has 2 rings (SSSR count). The predicted octanol–water partition coefficient (Wildman–Crippen LogP) is 2.76. The zero-order valence-corrected chi connectivity index (χ0v) is 14.2. The lowest BCUT2D eigenvalue weighted by Crippen LogP contribution is -2.43. The minimum Gasteiger partial charge on any atom is -0.459 e. The molecular formula is C15H16Cl2N2O4. The van der Waals surface area contributed by atoms with Crippen LogP contribution in [0.4, 0.5) is 4.79 Å². The molecule has 23 heavy (non-hydrogen) atoms. The number of carbonyl (C=O) groups is 3. The van der Waals surface area contributed by atoms with Gasteiger partial charge in [-0.15, -0.1) is 0 Å². The van der Waals surface area contributed by atoms with Crippen molar-refractivity contribution in [1.82, 2.24) is 10.2 Å². The van der Waals surface area contributed by atoms with Crippen LogP contribution in [-0.2, 0) is 20.9 Å². The van der Waals surface area contributed by atoms with E-state index in [2.05, 4.69) is 5.32 Å². The lowest BCUT2D eigenvalue weighted by molar-refractivity contribution is -0.148. The number of hydrogen-bond donors (Lipinski definition) is 1. The molecule has 1 aromatic carbocycles. The largest absolute Gasteiger partial charge is 0.459 e. The highest BCUT2D eigenvalue weighted by atomic mass is 35.5. The van der Waals surface area contributed by atoms with Gasteiger partial charge in [0.25, 0.3) is 5.91 Å². The first kappa shape index (κ1) is 17.6. The predicted molar refractivity (Wildman–Crippen MR) is 85.2 cm³/mol. The van der Waals surface area contributed by atoms with E-state index in [0.29, 0.717) is 22.0 Å². The number of halogens is 2. The molecule has 6 nitrogen and oxygen atoms in total. The monoisotopic (exact) mass is 358 g/mol. The third-order valence-corrected chi connectivity index (χ3v) is 4.46. The summed E-state index contributed by atoms with van der Waals surface area (Å²) < 4.78 is 5.07. The van der Waals surface area contributed by atoms with E-state index in [1.807, 2.05) is 0 Å². The van der Waals surface area contributed by atoms with E-state index in [-0.39, 0.29) is 6.61 Å². The SMILES string of the molecule is CC[C@]1(C)NC(=O)N(CC(=O)OCc2ccc(Cl)c(Cl)c2)C1=O.